The Bertz CT molecular complexity index is 1780. The van der Waals surface area contributed by atoms with Gasteiger partial charge in [-0.05, 0) is 48.5 Å². The molecule has 2 aromatic carbocycles. The Balaban J connectivity index is 0.000000245. The van der Waals surface area contributed by atoms with Crippen LogP contribution in [0.2, 0.25) is 0 Å². The molecule has 4 heterocycles. The quantitative estimate of drug-likeness (QED) is 0.246. The maximum absolute atomic E-state index is 12.8. The second-order valence-corrected chi connectivity index (χ2v) is 10.2. The van der Waals surface area contributed by atoms with Crippen molar-refractivity contribution in [2.75, 3.05) is 13.2 Å². The van der Waals surface area contributed by atoms with E-state index in [2.05, 4.69) is 16.0 Å². The summed E-state index contributed by atoms with van der Waals surface area (Å²) in [6.45, 7) is 0.713. The monoisotopic (exact) mass is 667 g/mol. The van der Waals surface area contributed by atoms with Crippen molar-refractivity contribution in [2.45, 2.75) is 37.0 Å². The van der Waals surface area contributed by atoms with Gasteiger partial charge in [-0.15, -0.1) is 0 Å². The van der Waals surface area contributed by atoms with E-state index in [1.807, 2.05) is 0 Å². The van der Waals surface area contributed by atoms with Gasteiger partial charge in [0.1, 0.15) is 23.1 Å². The molecule has 2 atom stereocenters. The molecule has 0 saturated carbocycles. The van der Waals surface area contributed by atoms with E-state index in [0.717, 1.165) is 24.3 Å². The number of carboxylic acid groups (broad SMARTS) is 1. The third-order valence-corrected chi connectivity index (χ3v) is 7.19. The second-order valence-electron chi connectivity index (χ2n) is 10.2. The minimum absolute atomic E-state index is 0. The van der Waals surface area contributed by atoms with E-state index in [1.165, 1.54) is 24.3 Å². The molecule has 0 fully saturated rings. The summed E-state index contributed by atoms with van der Waals surface area (Å²) in [5.41, 5.74) is 0.555. The minimum Gasteiger partial charge on any atom is -0.870 e. The predicted molar refractivity (Wildman–Crippen MR) is 150 cm³/mol. The summed E-state index contributed by atoms with van der Waals surface area (Å²) in [5.74, 6) is -1.35. The van der Waals surface area contributed by atoms with E-state index in [4.69, 9.17) is 14.7 Å². The van der Waals surface area contributed by atoms with Crippen LogP contribution in [-0.2, 0) is 17.1 Å². The van der Waals surface area contributed by atoms with Crippen molar-refractivity contribution in [2.24, 2.45) is 0 Å². The fraction of sp³-hybridized carbons (Fsp3) is 0.250. The first kappa shape index (κ1) is 37.3. The molecular formula is C32H24F6N3NaO5. The average Bonchev–Trinajstić information content (AvgIpc) is 3.03. The zero-order valence-corrected chi connectivity index (χ0v) is 26.6. The molecule has 2 unspecified atom stereocenters. The average molecular weight is 668 g/mol. The topological polar surface area (TPSA) is 135 Å². The normalized spacial score (nSPS) is 16.5. The number of carboxylic acids is 1. The molecule has 240 valence electrons. The summed E-state index contributed by atoms with van der Waals surface area (Å²) in [4.78, 5) is 19.9. The number of aromatic nitrogens is 2. The molecule has 15 heteroatoms. The molecular weight excluding hydrogens is 643 g/mol. The van der Waals surface area contributed by atoms with E-state index in [0.29, 0.717) is 41.5 Å². The molecule has 0 amide bonds. The Morgan fingerprint density at radius 2 is 1.23 bits per heavy atom. The van der Waals surface area contributed by atoms with Gasteiger partial charge in [0.15, 0.2) is 0 Å². The standard InChI is InChI=1S/C16H11F3N2O.C16H12F3NO3.Na.H2O/c17-16(18,19)12-3-1-2-10(8-12)13-4-5-14-15(21-13)11(9-20)6-7-22-14;17-16(18,19)10-3-1-2-9(8-10)12-4-5-13-14(20-12)11(15(21)22)6-7-23-13;;/h1-5,8,11H,6-7H2;1-5,8,11H,6-7H2,(H,21,22);;1H2/q;;+1;/p-1. The van der Waals surface area contributed by atoms with Gasteiger partial charge in [-0.1, -0.05) is 24.3 Å². The number of carbonyl (C=O) groups is 1. The zero-order chi connectivity index (χ0) is 32.4. The van der Waals surface area contributed by atoms with Gasteiger partial charge in [0.05, 0.1) is 53.4 Å². The Morgan fingerprint density at radius 3 is 1.70 bits per heavy atom. The van der Waals surface area contributed by atoms with Gasteiger partial charge in [-0.2, -0.15) is 31.6 Å². The summed E-state index contributed by atoms with van der Waals surface area (Å²) < 4.78 is 87.6. The van der Waals surface area contributed by atoms with Crippen molar-refractivity contribution in [1.29, 1.82) is 5.26 Å². The van der Waals surface area contributed by atoms with E-state index >= 15 is 0 Å². The van der Waals surface area contributed by atoms with Crippen LogP contribution in [0.5, 0.6) is 11.5 Å². The summed E-state index contributed by atoms with van der Waals surface area (Å²) in [6.07, 6.45) is -8.04. The number of aliphatic carboxylic acids is 1. The van der Waals surface area contributed by atoms with Crippen LogP contribution in [0.4, 0.5) is 26.3 Å². The van der Waals surface area contributed by atoms with Crippen molar-refractivity contribution < 1.29 is 80.8 Å². The molecule has 0 saturated heterocycles. The Morgan fingerprint density at radius 1 is 0.766 bits per heavy atom. The third kappa shape index (κ3) is 8.61. The first-order valence-corrected chi connectivity index (χ1v) is 13.6. The van der Waals surface area contributed by atoms with Crippen LogP contribution in [0.15, 0.2) is 72.8 Å². The predicted octanol–water partition coefficient (Wildman–Crippen LogP) is 4.70. The van der Waals surface area contributed by atoms with Gasteiger partial charge < -0.3 is 20.1 Å². The van der Waals surface area contributed by atoms with Gasteiger partial charge in [-0.25, -0.2) is 9.97 Å². The number of ether oxygens (including phenoxy) is 2. The SMILES string of the molecule is N#CC1CCOc2ccc(-c3cccc(C(F)(F)F)c3)nc21.O=C(O)C1CCOc2ccc(-c3cccc(C(F)(F)F)c3)nc21.[Na+].[OH-]. The third-order valence-electron chi connectivity index (χ3n) is 7.19. The van der Waals surface area contributed by atoms with Gasteiger partial charge in [-0.3, -0.25) is 4.79 Å². The van der Waals surface area contributed by atoms with Gasteiger partial charge >= 0.3 is 47.9 Å². The first-order valence-electron chi connectivity index (χ1n) is 13.6. The molecule has 47 heavy (non-hydrogen) atoms. The molecule has 2 N–H and O–H groups in total. The maximum Gasteiger partial charge on any atom is 1.00 e. The fourth-order valence-corrected chi connectivity index (χ4v) is 4.91. The number of pyridine rings is 2. The Kier molecular flexibility index (Phi) is 12.0. The molecule has 0 bridgehead atoms. The second kappa shape index (κ2) is 15.2. The number of alkyl halides is 6. The summed E-state index contributed by atoms with van der Waals surface area (Å²) in [7, 11) is 0. The Labute approximate surface area is 286 Å². The van der Waals surface area contributed by atoms with E-state index in [9.17, 15) is 36.2 Å². The van der Waals surface area contributed by atoms with Crippen LogP contribution in [0.3, 0.4) is 0 Å². The van der Waals surface area contributed by atoms with Crippen LogP contribution in [-0.4, -0.2) is 39.7 Å². The van der Waals surface area contributed by atoms with Gasteiger partial charge in [0.2, 0.25) is 0 Å². The minimum atomic E-state index is -4.45. The van der Waals surface area contributed by atoms with Crippen molar-refractivity contribution in [3.8, 4) is 40.1 Å². The molecule has 0 spiro atoms. The smallest absolute Gasteiger partial charge is 0.870 e. The van der Waals surface area contributed by atoms with Crippen molar-refractivity contribution >= 4 is 5.97 Å². The van der Waals surface area contributed by atoms with Crippen molar-refractivity contribution in [1.82, 2.24) is 9.97 Å². The van der Waals surface area contributed by atoms with Crippen LogP contribution in [0, 0.1) is 11.3 Å². The summed E-state index contributed by atoms with van der Waals surface area (Å²) >= 11 is 0. The van der Waals surface area contributed by atoms with E-state index in [1.54, 1.807) is 24.3 Å². The fourth-order valence-electron chi connectivity index (χ4n) is 4.91. The molecule has 2 aromatic heterocycles. The maximum atomic E-state index is 12.8. The number of hydrogen-bond acceptors (Lipinski definition) is 7. The molecule has 2 aliphatic rings. The summed E-state index contributed by atoms with van der Waals surface area (Å²) in [5, 5.41) is 18.4. The summed E-state index contributed by atoms with van der Waals surface area (Å²) in [6, 6.07) is 18.2. The largest absolute Gasteiger partial charge is 1.00 e. The number of halogens is 6. The number of hydrogen-bond donors (Lipinski definition) is 1. The molecule has 2 aliphatic heterocycles. The molecule has 0 aliphatic carbocycles. The van der Waals surface area contributed by atoms with Crippen LogP contribution >= 0.6 is 0 Å². The molecule has 8 nitrogen and oxygen atoms in total. The van der Waals surface area contributed by atoms with E-state index < -0.39 is 41.3 Å². The molecule has 0 radical (unpaired) electrons. The van der Waals surface area contributed by atoms with Crippen LogP contribution in [0.25, 0.3) is 22.5 Å². The number of fused-ring (bicyclic) bond motifs is 2. The first-order chi connectivity index (χ1) is 21.3. The van der Waals surface area contributed by atoms with Crippen molar-refractivity contribution in [3.05, 3.63) is 95.3 Å². The van der Waals surface area contributed by atoms with Gasteiger partial charge in [0, 0.05) is 24.0 Å². The zero-order valence-electron chi connectivity index (χ0n) is 24.6. The van der Waals surface area contributed by atoms with E-state index in [-0.39, 0.29) is 65.0 Å². The number of nitrogens with zero attached hydrogens (tertiary/aromatic N) is 3. The van der Waals surface area contributed by atoms with Crippen LogP contribution in [0.1, 0.15) is 47.2 Å². The number of rotatable bonds is 3. The Hall–Kier alpha value is -4.16. The number of benzene rings is 2. The van der Waals surface area contributed by atoms with Crippen LogP contribution < -0.4 is 39.0 Å². The molecule has 6 rings (SSSR count). The molecule has 4 aromatic rings. The van der Waals surface area contributed by atoms with Gasteiger partial charge in [0.25, 0.3) is 0 Å². The number of nitriles is 1. The van der Waals surface area contributed by atoms with Crippen molar-refractivity contribution in [3.63, 3.8) is 0 Å².